The first-order valence-corrected chi connectivity index (χ1v) is 7.98. The van der Waals surface area contributed by atoms with Crippen molar-refractivity contribution < 1.29 is 12.8 Å². The highest BCUT2D eigenvalue weighted by atomic mass is 79.9. The van der Waals surface area contributed by atoms with E-state index in [1.807, 2.05) is 0 Å². The van der Waals surface area contributed by atoms with E-state index < -0.39 is 15.8 Å². The molecule has 0 fully saturated rings. The summed E-state index contributed by atoms with van der Waals surface area (Å²) in [4.78, 5) is -0.119. The maximum absolute atomic E-state index is 13.1. The van der Waals surface area contributed by atoms with Crippen LogP contribution >= 0.6 is 27.5 Å². The summed E-state index contributed by atoms with van der Waals surface area (Å²) in [5, 5.41) is 0.185. The van der Waals surface area contributed by atoms with Gasteiger partial charge in [-0.3, -0.25) is 4.72 Å². The molecule has 3 N–H and O–H groups in total. The summed E-state index contributed by atoms with van der Waals surface area (Å²) in [6, 6.07) is 7.79. The molecule has 0 spiro atoms. The minimum absolute atomic E-state index is 0.107. The third-order valence-electron chi connectivity index (χ3n) is 2.40. The van der Waals surface area contributed by atoms with Crippen molar-refractivity contribution in [3.8, 4) is 0 Å². The zero-order valence-electron chi connectivity index (χ0n) is 9.90. The second-order valence-corrected chi connectivity index (χ2v) is 6.80. The van der Waals surface area contributed by atoms with Gasteiger partial charge in [0.05, 0.1) is 10.2 Å². The first-order valence-electron chi connectivity index (χ1n) is 5.32. The quantitative estimate of drug-likeness (QED) is 0.800. The Kier molecular flexibility index (Phi) is 4.22. The van der Waals surface area contributed by atoms with Gasteiger partial charge in [0.25, 0.3) is 10.0 Å². The Balaban J connectivity index is 2.46. The normalized spacial score (nSPS) is 11.3. The van der Waals surface area contributed by atoms with E-state index in [1.165, 1.54) is 30.3 Å². The lowest BCUT2D eigenvalue weighted by Crippen LogP contribution is -2.14. The van der Waals surface area contributed by atoms with Gasteiger partial charge in [0.2, 0.25) is 0 Å². The highest BCUT2D eigenvalue weighted by Crippen LogP contribution is 2.32. The summed E-state index contributed by atoms with van der Waals surface area (Å²) in [5.74, 6) is -0.546. The lowest BCUT2D eigenvalue weighted by molar-refractivity contribution is 0.600. The number of nitrogens with one attached hydrogen (secondary N) is 1. The van der Waals surface area contributed by atoms with Crippen molar-refractivity contribution in [3.05, 3.63) is 51.7 Å². The molecule has 0 saturated heterocycles. The largest absolute Gasteiger partial charge is 0.398 e. The van der Waals surface area contributed by atoms with Crippen LogP contribution < -0.4 is 10.5 Å². The van der Waals surface area contributed by atoms with Crippen LogP contribution in [-0.2, 0) is 10.0 Å². The Hall–Kier alpha value is -1.31. The van der Waals surface area contributed by atoms with Gasteiger partial charge in [-0.2, -0.15) is 0 Å². The van der Waals surface area contributed by atoms with Gasteiger partial charge < -0.3 is 5.73 Å². The fraction of sp³-hybridized carbons (Fsp3) is 0. The molecule has 0 radical (unpaired) electrons. The molecule has 0 bridgehead atoms. The second kappa shape index (κ2) is 5.59. The molecular formula is C12H9BrClFN2O2S. The van der Waals surface area contributed by atoms with Crippen LogP contribution in [0.4, 0.5) is 15.8 Å². The molecule has 2 rings (SSSR count). The van der Waals surface area contributed by atoms with Crippen molar-refractivity contribution in [1.29, 1.82) is 0 Å². The standard InChI is InChI=1S/C12H9BrClFN2O2S/c13-12-10(16)4-7(14)5-11(12)20(18,19)17-9-3-1-2-8(15)6-9/h1-6,17H,16H2. The molecule has 0 heterocycles. The minimum Gasteiger partial charge on any atom is -0.398 e. The van der Waals surface area contributed by atoms with E-state index in [2.05, 4.69) is 20.7 Å². The summed E-state index contributed by atoms with van der Waals surface area (Å²) < 4.78 is 40.0. The molecule has 0 aliphatic rings. The summed E-state index contributed by atoms with van der Waals surface area (Å²) in [7, 11) is -3.93. The Morgan fingerprint density at radius 1 is 1.25 bits per heavy atom. The number of anilines is 2. The van der Waals surface area contributed by atoms with Crippen molar-refractivity contribution in [1.82, 2.24) is 0 Å². The number of nitrogens with two attached hydrogens (primary N) is 1. The van der Waals surface area contributed by atoms with Crippen LogP contribution in [0.3, 0.4) is 0 Å². The molecule has 0 aromatic heterocycles. The van der Waals surface area contributed by atoms with Gasteiger partial charge in [-0.25, -0.2) is 12.8 Å². The third-order valence-corrected chi connectivity index (χ3v) is 5.17. The molecule has 0 saturated carbocycles. The van der Waals surface area contributed by atoms with E-state index in [9.17, 15) is 12.8 Å². The number of sulfonamides is 1. The third kappa shape index (κ3) is 3.23. The Morgan fingerprint density at radius 3 is 2.60 bits per heavy atom. The zero-order chi connectivity index (χ0) is 14.9. The van der Waals surface area contributed by atoms with Gasteiger partial charge in [0, 0.05) is 10.7 Å². The van der Waals surface area contributed by atoms with Crippen molar-refractivity contribution in [2.24, 2.45) is 0 Å². The summed E-state index contributed by atoms with van der Waals surface area (Å²) in [5.41, 5.74) is 5.95. The molecule has 106 valence electrons. The molecule has 8 heteroatoms. The van der Waals surface area contributed by atoms with Crippen molar-refractivity contribution in [3.63, 3.8) is 0 Å². The van der Waals surface area contributed by atoms with Crippen LogP contribution in [0.2, 0.25) is 5.02 Å². The molecule has 0 amide bonds. The summed E-state index contributed by atoms with van der Waals surface area (Å²) in [6.07, 6.45) is 0. The maximum Gasteiger partial charge on any atom is 0.263 e. The van der Waals surface area contributed by atoms with E-state index in [0.29, 0.717) is 0 Å². The first kappa shape index (κ1) is 15.1. The fourth-order valence-corrected chi connectivity index (χ4v) is 3.88. The van der Waals surface area contributed by atoms with E-state index in [0.717, 1.165) is 6.07 Å². The Labute approximate surface area is 128 Å². The lowest BCUT2D eigenvalue weighted by Gasteiger charge is -2.11. The van der Waals surface area contributed by atoms with Gasteiger partial charge in [-0.15, -0.1) is 0 Å². The van der Waals surface area contributed by atoms with Crippen molar-refractivity contribution in [2.45, 2.75) is 4.90 Å². The average molecular weight is 380 g/mol. The predicted octanol–water partition coefficient (Wildman–Crippen LogP) is 3.62. The second-order valence-electron chi connectivity index (χ2n) is 3.92. The van der Waals surface area contributed by atoms with Crippen LogP contribution in [0.15, 0.2) is 45.8 Å². The Morgan fingerprint density at radius 2 is 1.95 bits per heavy atom. The molecule has 4 nitrogen and oxygen atoms in total. The topological polar surface area (TPSA) is 72.2 Å². The summed E-state index contributed by atoms with van der Waals surface area (Å²) in [6.45, 7) is 0. The predicted molar refractivity (Wildman–Crippen MR) is 80.8 cm³/mol. The summed E-state index contributed by atoms with van der Waals surface area (Å²) >= 11 is 8.90. The highest BCUT2D eigenvalue weighted by Gasteiger charge is 2.20. The number of benzene rings is 2. The highest BCUT2D eigenvalue weighted by molar-refractivity contribution is 9.10. The van der Waals surface area contributed by atoms with Crippen LogP contribution in [0.1, 0.15) is 0 Å². The van der Waals surface area contributed by atoms with Crippen LogP contribution in [0, 0.1) is 5.82 Å². The van der Waals surface area contributed by atoms with Gasteiger partial charge in [-0.05, 0) is 46.3 Å². The van der Waals surface area contributed by atoms with Crippen LogP contribution in [0.25, 0.3) is 0 Å². The van der Waals surface area contributed by atoms with Crippen LogP contribution in [-0.4, -0.2) is 8.42 Å². The fourth-order valence-electron chi connectivity index (χ4n) is 1.54. The number of hydrogen-bond donors (Lipinski definition) is 2. The molecule has 0 aliphatic heterocycles. The molecule has 20 heavy (non-hydrogen) atoms. The van der Waals surface area contributed by atoms with Gasteiger partial charge >= 0.3 is 0 Å². The molecule has 2 aromatic rings. The van der Waals surface area contributed by atoms with E-state index >= 15 is 0 Å². The van der Waals surface area contributed by atoms with Crippen molar-refractivity contribution in [2.75, 3.05) is 10.5 Å². The minimum atomic E-state index is -3.93. The number of rotatable bonds is 3. The molecule has 2 aromatic carbocycles. The molecular weight excluding hydrogens is 371 g/mol. The average Bonchev–Trinajstić information content (AvgIpc) is 2.33. The van der Waals surface area contributed by atoms with Gasteiger partial charge in [-0.1, -0.05) is 17.7 Å². The zero-order valence-corrected chi connectivity index (χ0v) is 13.1. The van der Waals surface area contributed by atoms with E-state index in [4.69, 9.17) is 17.3 Å². The SMILES string of the molecule is Nc1cc(Cl)cc(S(=O)(=O)Nc2cccc(F)c2)c1Br. The van der Waals surface area contributed by atoms with Crippen molar-refractivity contribution >= 4 is 48.9 Å². The first-order chi connectivity index (χ1) is 9.29. The lowest BCUT2D eigenvalue weighted by atomic mass is 10.3. The molecule has 0 aliphatic carbocycles. The number of halogens is 3. The van der Waals surface area contributed by atoms with Crippen LogP contribution in [0.5, 0.6) is 0 Å². The number of hydrogen-bond acceptors (Lipinski definition) is 3. The maximum atomic E-state index is 13.1. The number of nitrogen functional groups attached to an aromatic ring is 1. The smallest absolute Gasteiger partial charge is 0.263 e. The molecule has 0 atom stereocenters. The molecule has 0 unspecified atom stereocenters. The monoisotopic (exact) mass is 378 g/mol. The van der Waals surface area contributed by atoms with E-state index in [-0.39, 0.29) is 25.8 Å². The Bertz CT molecular complexity index is 768. The van der Waals surface area contributed by atoms with E-state index in [1.54, 1.807) is 0 Å². The van der Waals surface area contributed by atoms with Gasteiger partial charge in [0.1, 0.15) is 10.7 Å². The van der Waals surface area contributed by atoms with Gasteiger partial charge in [0.15, 0.2) is 0 Å².